The first kappa shape index (κ1) is 16.6. The first-order valence-electron chi connectivity index (χ1n) is 7.82. The highest BCUT2D eigenvalue weighted by molar-refractivity contribution is 5.58. The summed E-state index contributed by atoms with van der Waals surface area (Å²) in [5.41, 5.74) is 1.88. The van der Waals surface area contributed by atoms with Crippen LogP contribution in [0.5, 0.6) is 5.75 Å². The van der Waals surface area contributed by atoms with Gasteiger partial charge in [-0.15, -0.1) is 5.10 Å². The van der Waals surface area contributed by atoms with Crippen LogP contribution < -0.4 is 15.4 Å². The van der Waals surface area contributed by atoms with Crippen LogP contribution in [0.2, 0.25) is 0 Å². The van der Waals surface area contributed by atoms with E-state index in [1.54, 1.807) is 25.4 Å². The quantitative estimate of drug-likeness (QED) is 0.687. The molecule has 3 aromatic rings. The Morgan fingerprint density at radius 3 is 2.76 bits per heavy atom. The fourth-order valence-corrected chi connectivity index (χ4v) is 2.26. The van der Waals surface area contributed by atoms with Gasteiger partial charge in [-0.3, -0.25) is 0 Å². The second-order valence-corrected chi connectivity index (χ2v) is 5.33. The molecule has 0 aliphatic heterocycles. The molecule has 3 rings (SSSR count). The van der Waals surface area contributed by atoms with Crippen LogP contribution in [-0.2, 0) is 6.42 Å². The third kappa shape index (κ3) is 4.87. The number of hydrogen-bond donors (Lipinski definition) is 2. The Bertz CT molecular complexity index is 826. The van der Waals surface area contributed by atoms with E-state index in [0.29, 0.717) is 18.3 Å². The van der Waals surface area contributed by atoms with Gasteiger partial charge in [0.25, 0.3) is 0 Å². The molecule has 0 unspecified atom stereocenters. The topological polar surface area (TPSA) is 72.0 Å². The summed E-state index contributed by atoms with van der Waals surface area (Å²) in [4.78, 5) is 4.37. The molecule has 0 atom stereocenters. The minimum atomic E-state index is -0.236. The summed E-state index contributed by atoms with van der Waals surface area (Å²) in [7, 11) is 1.62. The molecule has 128 valence electrons. The lowest BCUT2D eigenvalue weighted by Crippen LogP contribution is -2.09. The van der Waals surface area contributed by atoms with Crippen molar-refractivity contribution in [1.82, 2.24) is 15.2 Å². The Morgan fingerprint density at radius 2 is 1.96 bits per heavy atom. The molecule has 2 aromatic carbocycles. The van der Waals surface area contributed by atoms with E-state index in [2.05, 4.69) is 25.8 Å². The van der Waals surface area contributed by atoms with E-state index in [-0.39, 0.29) is 5.82 Å². The number of halogens is 1. The first-order valence-corrected chi connectivity index (χ1v) is 7.82. The molecule has 1 heterocycles. The van der Waals surface area contributed by atoms with E-state index in [4.69, 9.17) is 4.74 Å². The molecule has 0 aliphatic carbocycles. The second-order valence-electron chi connectivity index (χ2n) is 5.33. The lowest BCUT2D eigenvalue weighted by atomic mass is 10.1. The van der Waals surface area contributed by atoms with Crippen molar-refractivity contribution in [3.63, 3.8) is 0 Å². The molecule has 0 amide bonds. The Hall–Kier alpha value is -3.22. The molecule has 0 saturated heterocycles. The summed E-state index contributed by atoms with van der Waals surface area (Å²) in [6, 6.07) is 13.9. The summed E-state index contributed by atoms with van der Waals surface area (Å²) in [5.74, 6) is 1.52. The molecule has 0 spiro atoms. The zero-order chi connectivity index (χ0) is 17.5. The van der Waals surface area contributed by atoms with Crippen LogP contribution in [0, 0.1) is 5.82 Å². The minimum Gasteiger partial charge on any atom is -0.497 e. The van der Waals surface area contributed by atoms with E-state index >= 15 is 0 Å². The summed E-state index contributed by atoms with van der Waals surface area (Å²) in [6.45, 7) is 0.621. The van der Waals surface area contributed by atoms with Crippen molar-refractivity contribution in [2.24, 2.45) is 0 Å². The molecule has 0 radical (unpaired) electrons. The molecular weight excluding hydrogens is 321 g/mol. The van der Waals surface area contributed by atoms with Gasteiger partial charge in [-0.25, -0.2) is 4.39 Å². The smallest absolute Gasteiger partial charge is 0.244 e. The van der Waals surface area contributed by atoms with Crippen molar-refractivity contribution >= 4 is 17.5 Å². The molecule has 1 aromatic heterocycles. The number of benzene rings is 2. The van der Waals surface area contributed by atoms with Crippen LogP contribution in [0.1, 0.15) is 5.56 Å². The van der Waals surface area contributed by atoms with Crippen molar-refractivity contribution < 1.29 is 9.13 Å². The molecule has 2 N–H and O–H groups in total. The van der Waals surface area contributed by atoms with Gasteiger partial charge in [0.05, 0.1) is 13.3 Å². The van der Waals surface area contributed by atoms with Crippen LogP contribution in [0.25, 0.3) is 0 Å². The number of ether oxygens (including phenoxy) is 1. The average molecular weight is 339 g/mol. The van der Waals surface area contributed by atoms with Gasteiger partial charge in [-0.1, -0.05) is 18.2 Å². The predicted octanol–water partition coefficient (Wildman–Crippen LogP) is 3.42. The number of methoxy groups -OCH3 is 1. The Kier molecular flexibility index (Phi) is 5.36. The lowest BCUT2D eigenvalue weighted by molar-refractivity contribution is 0.415. The third-order valence-corrected chi connectivity index (χ3v) is 3.51. The maximum absolute atomic E-state index is 12.9. The molecule has 0 saturated carbocycles. The standard InChI is InChI=1S/C18H18FN5O/c1-25-16-4-2-3-15(11-16)22-17-12-21-24-18(23-17)20-10-9-13-5-7-14(19)8-6-13/h2-8,11-12H,9-10H2,1H3,(H2,20,22,23,24). The van der Waals surface area contributed by atoms with Gasteiger partial charge in [-0.05, 0) is 36.2 Å². The summed E-state index contributed by atoms with van der Waals surface area (Å²) >= 11 is 0. The number of anilines is 3. The van der Waals surface area contributed by atoms with Gasteiger partial charge in [0.1, 0.15) is 11.6 Å². The summed E-state index contributed by atoms with van der Waals surface area (Å²) in [5, 5.41) is 14.2. The maximum Gasteiger partial charge on any atom is 0.244 e. The normalized spacial score (nSPS) is 10.3. The molecule has 0 aliphatic rings. The van der Waals surface area contributed by atoms with Gasteiger partial charge >= 0.3 is 0 Å². The van der Waals surface area contributed by atoms with E-state index in [1.807, 2.05) is 24.3 Å². The molecule has 7 heteroatoms. The third-order valence-electron chi connectivity index (χ3n) is 3.51. The highest BCUT2D eigenvalue weighted by atomic mass is 19.1. The monoisotopic (exact) mass is 339 g/mol. The van der Waals surface area contributed by atoms with Gasteiger partial charge in [-0.2, -0.15) is 10.1 Å². The van der Waals surface area contributed by atoms with Crippen molar-refractivity contribution in [3.8, 4) is 5.75 Å². The largest absolute Gasteiger partial charge is 0.497 e. The maximum atomic E-state index is 12.9. The van der Waals surface area contributed by atoms with Crippen LogP contribution in [-0.4, -0.2) is 28.8 Å². The van der Waals surface area contributed by atoms with Crippen LogP contribution in [0.15, 0.2) is 54.7 Å². The van der Waals surface area contributed by atoms with E-state index < -0.39 is 0 Å². The SMILES string of the molecule is COc1cccc(Nc2cnnc(NCCc3ccc(F)cc3)n2)c1. The van der Waals surface area contributed by atoms with Crippen LogP contribution >= 0.6 is 0 Å². The van der Waals surface area contributed by atoms with E-state index in [0.717, 1.165) is 23.4 Å². The summed E-state index contributed by atoms with van der Waals surface area (Å²) in [6.07, 6.45) is 2.28. The van der Waals surface area contributed by atoms with Crippen molar-refractivity contribution in [2.75, 3.05) is 24.3 Å². The molecule has 0 fully saturated rings. The summed E-state index contributed by atoms with van der Waals surface area (Å²) < 4.78 is 18.1. The molecular formula is C18H18FN5O. The molecule has 0 bridgehead atoms. The minimum absolute atomic E-state index is 0.236. The van der Waals surface area contributed by atoms with E-state index in [1.165, 1.54) is 12.1 Å². The van der Waals surface area contributed by atoms with Crippen LogP contribution in [0.4, 0.5) is 21.8 Å². The highest BCUT2D eigenvalue weighted by Crippen LogP contribution is 2.20. The van der Waals surface area contributed by atoms with Crippen molar-refractivity contribution in [2.45, 2.75) is 6.42 Å². The average Bonchev–Trinajstić information content (AvgIpc) is 2.64. The number of nitrogens with zero attached hydrogens (tertiary/aromatic N) is 3. The second kappa shape index (κ2) is 8.05. The van der Waals surface area contributed by atoms with Gasteiger partial charge in [0.2, 0.25) is 5.95 Å². The van der Waals surface area contributed by atoms with E-state index in [9.17, 15) is 4.39 Å². The Morgan fingerprint density at radius 1 is 1.12 bits per heavy atom. The molecule has 6 nitrogen and oxygen atoms in total. The molecule has 25 heavy (non-hydrogen) atoms. The fraction of sp³-hybridized carbons (Fsp3) is 0.167. The van der Waals surface area contributed by atoms with Gasteiger partial charge in [0, 0.05) is 18.3 Å². The number of rotatable bonds is 7. The van der Waals surface area contributed by atoms with Gasteiger partial charge in [0.15, 0.2) is 5.82 Å². The Labute approximate surface area is 145 Å². The first-order chi connectivity index (χ1) is 12.2. The fourth-order valence-electron chi connectivity index (χ4n) is 2.26. The zero-order valence-electron chi connectivity index (χ0n) is 13.7. The Balaban J connectivity index is 1.58. The predicted molar refractivity (Wildman–Crippen MR) is 94.7 cm³/mol. The number of hydrogen-bond acceptors (Lipinski definition) is 6. The highest BCUT2D eigenvalue weighted by Gasteiger charge is 2.02. The number of aromatic nitrogens is 3. The zero-order valence-corrected chi connectivity index (χ0v) is 13.7. The van der Waals surface area contributed by atoms with Crippen molar-refractivity contribution in [3.05, 3.63) is 66.1 Å². The van der Waals surface area contributed by atoms with Gasteiger partial charge < -0.3 is 15.4 Å². The lowest BCUT2D eigenvalue weighted by Gasteiger charge is -2.08. The van der Waals surface area contributed by atoms with Crippen molar-refractivity contribution in [1.29, 1.82) is 0 Å². The number of nitrogens with one attached hydrogen (secondary N) is 2. The van der Waals surface area contributed by atoms with Crippen LogP contribution in [0.3, 0.4) is 0 Å².